The number of phenolic OH excluding ortho intramolecular Hbond substituents is 1. The van der Waals surface area contributed by atoms with Crippen LogP contribution in [-0.2, 0) is 9.53 Å². The number of carbonyl (C=O) groups is 3. The highest BCUT2D eigenvalue weighted by atomic mass is 16.6. The van der Waals surface area contributed by atoms with Crippen molar-refractivity contribution < 1.29 is 24.2 Å². The molecular formula is C17H25N3O5. The molecule has 4 N–H and O–H groups in total. The summed E-state index contributed by atoms with van der Waals surface area (Å²) in [6, 6.07) is 5.98. The van der Waals surface area contributed by atoms with E-state index in [1.54, 1.807) is 32.9 Å². The van der Waals surface area contributed by atoms with Crippen LogP contribution in [0.1, 0.15) is 37.6 Å². The molecule has 8 heteroatoms. The summed E-state index contributed by atoms with van der Waals surface area (Å²) in [6.07, 6.45) is -0.460. The highest BCUT2D eigenvalue weighted by Crippen LogP contribution is 2.10. The van der Waals surface area contributed by atoms with Crippen molar-refractivity contribution in [1.29, 1.82) is 0 Å². The number of hydrogen-bond acceptors (Lipinski definition) is 5. The van der Waals surface area contributed by atoms with Gasteiger partial charge in [-0.2, -0.15) is 0 Å². The Labute approximate surface area is 146 Å². The van der Waals surface area contributed by atoms with E-state index in [0.29, 0.717) is 5.56 Å². The van der Waals surface area contributed by atoms with Crippen molar-refractivity contribution in [1.82, 2.24) is 16.0 Å². The highest BCUT2D eigenvalue weighted by molar-refractivity contribution is 5.94. The molecule has 0 unspecified atom stereocenters. The molecule has 0 saturated carbocycles. The number of amides is 3. The summed E-state index contributed by atoms with van der Waals surface area (Å²) in [6.45, 7) is 5.94. The van der Waals surface area contributed by atoms with Crippen molar-refractivity contribution in [2.24, 2.45) is 0 Å². The van der Waals surface area contributed by atoms with Gasteiger partial charge in [-0.05, 0) is 39.0 Å². The van der Waals surface area contributed by atoms with Crippen LogP contribution < -0.4 is 16.0 Å². The minimum Gasteiger partial charge on any atom is -0.508 e. The zero-order valence-electron chi connectivity index (χ0n) is 14.7. The molecule has 0 aliphatic carbocycles. The molecule has 0 fully saturated rings. The first kappa shape index (κ1) is 20.3. The van der Waals surface area contributed by atoms with Gasteiger partial charge in [-0.1, -0.05) is 6.07 Å². The van der Waals surface area contributed by atoms with Crippen LogP contribution in [0, 0.1) is 0 Å². The van der Waals surface area contributed by atoms with E-state index < -0.39 is 11.7 Å². The lowest BCUT2D eigenvalue weighted by Crippen LogP contribution is -2.37. The highest BCUT2D eigenvalue weighted by Gasteiger charge is 2.15. The fourth-order valence-electron chi connectivity index (χ4n) is 1.81. The van der Waals surface area contributed by atoms with Gasteiger partial charge in [-0.15, -0.1) is 0 Å². The third-order valence-electron chi connectivity index (χ3n) is 2.86. The zero-order chi connectivity index (χ0) is 18.9. The van der Waals surface area contributed by atoms with Gasteiger partial charge in [0.25, 0.3) is 5.91 Å². The lowest BCUT2D eigenvalue weighted by molar-refractivity contribution is -0.120. The molecule has 1 aromatic carbocycles. The first-order chi connectivity index (χ1) is 11.7. The second-order valence-electron chi connectivity index (χ2n) is 6.33. The van der Waals surface area contributed by atoms with E-state index >= 15 is 0 Å². The molecule has 0 radical (unpaired) electrons. The maximum atomic E-state index is 11.8. The Morgan fingerprint density at radius 3 is 2.36 bits per heavy atom. The van der Waals surface area contributed by atoms with Crippen molar-refractivity contribution in [3.05, 3.63) is 29.8 Å². The quantitative estimate of drug-likeness (QED) is 0.550. The Morgan fingerprint density at radius 1 is 1.04 bits per heavy atom. The van der Waals surface area contributed by atoms with Crippen LogP contribution in [0.5, 0.6) is 5.75 Å². The number of ether oxygens (including phenoxy) is 1. The average molecular weight is 351 g/mol. The topological polar surface area (TPSA) is 117 Å². The third kappa shape index (κ3) is 9.19. The summed E-state index contributed by atoms with van der Waals surface area (Å²) in [7, 11) is 0. The number of aromatic hydroxyl groups is 1. The molecule has 8 nitrogen and oxygen atoms in total. The predicted octanol–water partition coefficient (Wildman–Crippen LogP) is 1.15. The zero-order valence-corrected chi connectivity index (χ0v) is 14.7. The van der Waals surface area contributed by atoms with Gasteiger partial charge in [-0.25, -0.2) is 4.79 Å². The Bertz CT molecular complexity index is 611. The van der Waals surface area contributed by atoms with Crippen LogP contribution in [0.15, 0.2) is 24.3 Å². The van der Waals surface area contributed by atoms with Gasteiger partial charge in [0.05, 0.1) is 0 Å². The summed E-state index contributed by atoms with van der Waals surface area (Å²) in [4.78, 5) is 34.8. The van der Waals surface area contributed by atoms with Crippen molar-refractivity contribution in [2.45, 2.75) is 32.8 Å². The van der Waals surface area contributed by atoms with Gasteiger partial charge in [0.2, 0.25) is 5.91 Å². The van der Waals surface area contributed by atoms with Crippen molar-refractivity contribution in [2.75, 3.05) is 19.6 Å². The summed E-state index contributed by atoms with van der Waals surface area (Å²) >= 11 is 0. The Hall–Kier alpha value is -2.77. The van der Waals surface area contributed by atoms with Crippen LogP contribution in [0.3, 0.4) is 0 Å². The van der Waals surface area contributed by atoms with Crippen molar-refractivity contribution in [3.63, 3.8) is 0 Å². The molecule has 0 aromatic heterocycles. The van der Waals surface area contributed by atoms with Gasteiger partial charge >= 0.3 is 6.09 Å². The smallest absolute Gasteiger partial charge is 0.407 e. The molecule has 138 valence electrons. The number of phenols is 1. The Balaban J connectivity index is 2.14. The SMILES string of the molecule is CC(C)(C)OC(=O)NCCC(=O)NCCNC(=O)c1cccc(O)c1. The number of nitrogens with one attached hydrogen (secondary N) is 3. The van der Waals surface area contributed by atoms with E-state index in [9.17, 15) is 19.5 Å². The fourth-order valence-corrected chi connectivity index (χ4v) is 1.81. The summed E-state index contributed by atoms with van der Waals surface area (Å²) in [5, 5.41) is 17.1. The van der Waals surface area contributed by atoms with Crippen LogP contribution in [0.4, 0.5) is 4.79 Å². The molecule has 0 heterocycles. The number of benzene rings is 1. The lowest BCUT2D eigenvalue weighted by Gasteiger charge is -2.19. The van der Waals surface area contributed by atoms with Gasteiger partial charge in [0.15, 0.2) is 0 Å². The lowest BCUT2D eigenvalue weighted by atomic mass is 10.2. The predicted molar refractivity (Wildman–Crippen MR) is 92.3 cm³/mol. The minimum absolute atomic E-state index is 0.0124. The standard InChI is InChI=1S/C17H25N3O5/c1-17(2,3)25-16(24)20-8-7-14(22)18-9-10-19-15(23)12-5-4-6-13(21)11-12/h4-6,11,21H,7-10H2,1-3H3,(H,18,22)(H,19,23)(H,20,24). The van der Waals surface area contributed by atoms with Crippen LogP contribution in [0.2, 0.25) is 0 Å². The first-order valence-corrected chi connectivity index (χ1v) is 7.98. The largest absolute Gasteiger partial charge is 0.508 e. The van der Waals surface area contributed by atoms with Gasteiger partial charge < -0.3 is 25.8 Å². The molecule has 1 rings (SSSR count). The summed E-state index contributed by atoms with van der Waals surface area (Å²) in [5.41, 5.74) is -0.243. The van der Waals surface area contributed by atoms with E-state index in [1.165, 1.54) is 12.1 Å². The van der Waals surface area contributed by atoms with E-state index in [1.807, 2.05) is 0 Å². The molecule has 0 bridgehead atoms. The molecule has 3 amide bonds. The third-order valence-corrected chi connectivity index (χ3v) is 2.86. The molecule has 0 atom stereocenters. The van der Waals surface area contributed by atoms with Gasteiger partial charge in [0.1, 0.15) is 11.4 Å². The van der Waals surface area contributed by atoms with Gasteiger partial charge in [0, 0.05) is 31.6 Å². The molecule has 1 aromatic rings. The van der Waals surface area contributed by atoms with Gasteiger partial charge in [-0.3, -0.25) is 9.59 Å². The maximum Gasteiger partial charge on any atom is 0.407 e. The summed E-state index contributed by atoms with van der Waals surface area (Å²) < 4.78 is 5.05. The van der Waals surface area contributed by atoms with Crippen molar-refractivity contribution >= 4 is 17.9 Å². The van der Waals surface area contributed by atoms with E-state index in [-0.39, 0.29) is 43.6 Å². The number of rotatable bonds is 7. The van der Waals surface area contributed by atoms with E-state index in [0.717, 1.165) is 0 Å². The molecular weight excluding hydrogens is 326 g/mol. The van der Waals surface area contributed by atoms with E-state index in [4.69, 9.17) is 4.74 Å². The monoisotopic (exact) mass is 351 g/mol. The molecule has 0 aliphatic rings. The maximum absolute atomic E-state index is 11.8. The van der Waals surface area contributed by atoms with Crippen molar-refractivity contribution in [3.8, 4) is 5.75 Å². The Kier molecular flexibility index (Phi) is 7.71. The van der Waals surface area contributed by atoms with Crippen LogP contribution in [-0.4, -0.2) is 48.2 Å². The normalized spacial score (nSPS) is 10.7. The molecule has 0 spiro atoms. The van der Waals surface area contributed by atoms with Crippen LogP contribution >= 0.6 is 0 Å². The first-order valence-electron chi connectivity index (χ1n) is 7.98. The number of alkyl carbamates (subject to hydrolysis) is 1. The Morgan fingerprint density at radius 2 is 1.72 bits per heavy atom. The second-order valence-corrected chi connectivity index (χ2v) is 6.33. The second kappa shape index (κ2) is 9.51. The molecule has 0 saturated heterocycles. The van der Waals surface area contributed by atoms with Crippen LogP contribution in [0.25, 0.3) is 0 Å². The number of carbonyl (C=O) groups excluding carboxylic acids is 3. The average Bonchev–Trinajstić information content (AvgIpc) is 2.49. The number of hydrogen-bond donors (Lipinski definition) is 4. The summed E-state index contributed by atoms with van der Waals surface area (Å²) in [5.74, 6) is -0.571. The minimum atomic E-state index is -0.583. The molecule has 0 aliphatic heterocycles. The van der Waals surface area contributed by atoms with E-state index in [2.05, 4.69) is 16.0 Å². The fraction of sp³-hybridized carbons (Fsp3) is 0.471. The molecule has 25 heavy (non-hydrogen) atoms.